The zero-order valence-electron chi connectivity index (χ0n) is 25.0. The molecule has 0 bridgehead atoms. The lowest BCUT2D eigenvalue weighted by molar-refractivity contribution is -0.141. The second-order valence-electron chi connectivity index (χ2n) is 12.4. The molecule has 4 aromatic heterocycles. The lowest BCUT2D eigenvalue weighted by atomic mass is 9.96. The Morgan fingerprint density at radius 1 is 1.11 bits per heavy atom. The Kier molecular flexibility index (Phi) is 7.12. The first-order valence-corrected chi connectivity index (χ1v) is 15.2. The molecule has 1 aliphatic carbocycles. The summed E-state index contributed by atoms with van der Waals surface area (Å²) in [5.74, 6) is 1.21. The number of benzene rings is 1. The molecule has 1 saturated carbocycles. The summed E-state index contributed by atoms with van der Waals surface area (Å²) in [5.41, 5.74) is 2.16. The number of hydrogen-bond acceptors (Lipinski definition) is 5. The predicted octanol–water partition coefficient (Wildman–Crippen LogP) is 6.78. The van der Waals surface area contributed by atoms with Crippen LogP contribution in [-0.4, -0.2) is 42.1 Å². The van der Waals surface area contributed by atoms with Crippen LogP contribution in [0.3, 0.4) is 0 Å². The van der Waals surface area contributed by atoms with E-state index in [1.807, 2.05) is 6.07 Å². The summed E-state index contributed by atoms with van der Waals surface area (Å²) >= 11 is 0. The predicted molar refractivity (Wildman–Crippen MR) is 165 cm³/mol. The van der Waals surface area contributed by atoms with Gasteiger partial charge in [0.1, 0.15) is 22.9 Å². The minimum absolute atomic E-state index is 0.121. The number of nitrogens with zero attached hydrogens (tertiary/aromatic N) is 6. The van der Waals surface area contributed by atoms with Crippen LogP contribution in [0.25, 0.3) is 39.2 Å². The molecule has 1 atom stereocenters. The van der Waals surface area contributed by atoms with Crippen LogP contribution in [0.5, 0.6) is 0 Å². The Balaban J connectivity index is 1.40. The average Bonchev–Trinajstić information content (AvgIpc) is 3.63. The van der Waals surface area contributed by atoms with Crippen molar-refractivity contribution in [2.75, 3.05) is 13.1 Å². The molecule has 0 unspecified atom stereocenters. The number of pyridine rings is 2. The average molecular weight is 612 g/mol. The molecule has 1 aromatic carbocycles. The van der Waals surface area contributed by atoms with Crippen molar-refractivity contribution in [2.45, 2.75) is 51.2 Å². The van der Waals surface area contributed by atoms with Gasteiger partial charge < -0.3 is 9.55 Å². The number of H-pyrrole nitrogens is 1. The molecular weight excluding hydrogens is 579 g/mol. The van der Waals surface area contributed by atoms with E-state index in [0.29, 0.717) is 40.5 Å². The topological polar surface area (TPSA) is 95.5 Å². The van der Waals surface area contributed by atoms with Gasteiger partial charge in [0.15, 0.2) is 0 Å². The number of fused-ring (bicyclic) bond motifs is 1. The Bertz CT molecular complexity index is 2030. The van der Waals surface area contributed by atoms with E-state index >= 15 is 0 Å². The SMILES string of the molecule is C[C@H]1CCCN(Cc2cc3c(C4CC4)cn(-c4cc(-c5ccc(C#N)cc5-c5nccn5C)cc(C(F)(F)F)n4)c(=O)c3[nH]2)C1. The van der Waals surface area contributed by atoms with E-state index < -0.39 is 17.4 Å². The van der Waals surface area contributed by atoms with E-state index in [1.165, 1.54) is 17.1 Å². The largest absolute Gasteiger partial charge is 0.433 e. The summed E-state index contributed by atoms with van der Waals surface area (Å²) in [7, 11) is 1.77. The van der Waals surface area contributed by atoms with Crippen LogP contribution in [0.2, 0.25) is 0 Å². The highest BCUT2D eigenvalue weighted by molar-refractivity contribution is 5.85. The molecule has 8 nitrogen and oxygen atoms in total. The maximum absolute atomic E-state index is 14.3. The summed E-state index contributed by atoms with van der Waals surface area (Å²) in [6, 6.07) is 11.4. The summed E-state index contributed by atoms with van der Waals surface area (Å²) in [6.45, 7) is 4.91. The Morgan fingerprint density at radius 3 is 2.62 bits per heavy atom. The fraction of sp³-hybridized carbons (Fsp3) is 0.353. The molecule has 1 saturated heterocycles. The van der Waals surface area contributed by atoms with Gasteiger partial charge in [-0.25, -0.2) is 9.97 Å². The number of nitrogens with one attached hydrogen (secondary N) is 1. The van der Waals surface area contributed by atoms with E-state index in [4.69, 9.17) is 0 Å². The van der Waals surface area contributed by atoms with Crippen molar-refractivity contribution in [1.82, 2.24) is 29.0 Å². The van der Waals surface area contributed by atoms with E-state index in [-0.39, 0.29) is 17.3 Å². The van der Waals surface area contributed by atoms with Crippen LogP contribution in [0.4, 0.5) is 13.2 Å². The minimum atomic E-state index is -4.76. The lowest BCUT2D eigenvalue weighted by Gasteiger charge is -2.30. The number of aromatic nitrogens is 5. The van der Waals surface area contributed by atoms with Gasteiger partial charge in [0.05, 0.1) is 11.6 Å². The molecule has 0 radical (unpaired) electrons. The molecule has 5 aromatic rings. The summed E-state index contributed by atoms with van der Waals surface area (Å²) in [5, 5.41) is 10.4. The highest BCUT2D eigenvalue weighted by atomic mass is 19.4. The fourth-order valence-corrected chi connectivity index (χ4v) is 6.56. The molecule has 2 aliphatic rings. The Morgan fingerprint density at radius 2 is 1.93 bits per heavy atom. The molecule has 5 heterocycles. The van der Waals surface area contributed by atoms with Gasteiger partial charge in [0, 0.05) is 55.4 Å². The molecule has 0 amide bonds. The maximum atomic E-state index is 14.3. The first-order chi connectivity index (χ1) is 21.6. The van der Waals surface area contributed by atoms with Gasteiger partial charge in [-0.3, -0.25) is 14.3 Å². The summed E-state index contributed by atoms with van der Waals surface area (Å²) in [4.78, 5) is 28.1. The van der Waals surface area contributed by atoms with Gasteiger partial charge in [-0.1, -0.05) is 13.0 Å². The number of likely N-dealkylation sites (tertiary alicyclic amines) is 1. The van der Waals surface area contributed by atoms with Crippen LogP contribution in [0.1, 0.15) is 61.0 Å². The molecule has 45 heavy (non-hydrogen) atoms. The van der Waals surface area contributed by atoms with Crippen LogP contribution in [0.15, 0.2) is 59.8 Å². The first-order valence-electron chi connectivity index (χ1n) is 15.2. The smallest absolute Gasteiger partial charge is 0.353 e. The number of halogens is 3. The Labute approximate surface area is 257 Å². The molecule has 1 aliphatic heterocycles. The monoisotopic (exact) mass is 611 g/mol. The second kappa shape index (κ2) is 11.0. The molecular formula is C34H32F3N7O. The molecule has 11 heteroatoms. The van der Waals surface area contributed by atoms with Crippen molar-refractivity contribution >= 4 is 10.9 Å². The number of nitriles is 1. The fourth-order valence-electron chi connectivity index (χ4n) is 6.56. The Hall–Kier alpha value is -4.69. The highest BCUT2D eigenvalue weighted by Gasteiger charge is 2.35. The number of alkyl halides is 3. The zero-order chi connectivity index (χ0) is 31.5. The van der Waals surface area contributed by atoms with Crippen molar-refractivity contribution in [3.63, 3.8) is 0 Å². The number of rotatable bonds is 6. The second-order valence-corrected chi connectivity index (χ2v) is 12.4. The van der Waals surface area contributed by atoms with Gasteiger partial charge in [-0.2, -0.15) is 18.4 Å². The van der Waals surface area contributed by atoms with E-state index in [2.05, 4.69) is 32.8 Å². The number of imidazole rings is 1. The van der Waals surface area contributed by atoms with Gasteiger partial charge in [0.2, 0.25) is 0 Å². The van der Waals surface area contributed by atoms with Crippen molar-refractivity contribution < 1.29 is 13.2 Å². The zero-order valence-corrected chi connectivity index (χ0v) is 25.0. The first kappa shape index (κ1) is 29.0. The van der Waals surface area contributed by atoms with Crippen molar-refractivity contribution in [1.29, 1.82) is 5.26 Å². The van der Waals surface area contributed by atoms with Gasteiger partial charge in [-0.05, 0) is 91.1 Å². The third-order valence-electron chi connectivity index (χ3n) is 8.91. The molecule has 230 valence electrons. The van der Waals surface area contributed by atoms with E-state index in [0.717, 1.165) is 55.1 Å². The molecule has 7 rings (SSSR count). The van der Waals surface area contributed by atoms with Gasteiger partial charge in [0.25, 0.3) is 5.56 Å². The van der Waals surface area contributed by atoms with Crippen LogP contribution >= 0.6 is 0 Å². The van der Waals surface area contributed by atoms with E-state index in [9.17, 15) is 23.2 Å². The normalized spacial score (nSPS) is 17.6. The van der Waals surface area contributed by atoms with Crippen LogP contribution < -0.4 is 5.56 Å². The third-order valence-corrected chi connectivity index (χ3v) is 8.91. The van der Waals surface area contributed by atoms with E-state index in [1.54, 1.807) is 48.4 Å². The lowest BCUT2D eigenvalue weighted by Crippen LogP contribution is -2.33. The number of aromatic amines is 1. The van der Waals surface area contributed by atoms with Crippen molar-refractivity contribution in [2.24, 2.45) is 13.0 Å². The number of aryl methyl sites for hydroxylation is 1. The highest BCUT2D eigenvalue weighted by Crippen LogP contribution is 2.43. The summed E-state index contributed by atoms with van der Waals surface area (Å²) in [6.07, 6.45) is 4.47. The number of piperidine rings is 1. The standard InChI is InChI=1S/C34H32F3N7O/c1-20-4-3-10-43(17-20)18-24-15-26-28(22-6-7-22)19-44(33(45)31(26)40-24)30-14-23(13-29(41-30)34(35,36)37)25-8-5-21(16-38)12-27(25)32-39-9-11-42(32)2/h5,8-9,11-15,19-20,22,40H,3-4,6-7,10,17-18H2,1-2H3/t20-/m0/s1. The van der Waals surface area contributed by atoms with Gasteiger partial charge in [-0.15, -0.1) is 0 Å². The molecule has 2 fully saturated rings. The minimum Gasteiger partial charge on any atom is -0.353 e. The molecule has 0 spiro atoms. The van der Waals surface area contributed by atoms with Crippen molar-refractivity contribution in [3.05, 3.63) is 87.9 Å². The number of hydrogen-bond donors (Lipinski definition) is 1. The molecule has 1 N–H and O–H groups in total. The quantitative estimate of drug-likeness (QED) is 0.228. The van der Waals surface area contributed by atoms with Gasteiger partial charge >= 0.3 is 6.18 Å². The van der Waals surface area contributed by atoms with Crippen LogP contribution in [-0.2, 0) is 19.8 Å². The maximum Gasteiger partial charge on any atom is 0.433 e. The summed E-state index contributed by atoms with van der Waals surface area (Å²) < 4.78 is 46.0. The van der Waals surface area contributed by atoms with Crippen molar-refractivity contribution in [3.8, 4) is 34.4 Å². The van der Waals surface area contributed by atoms with Crippen LogP contribution in [0, 0.1) is 17.2 Å². The third kappa shape index (κ3) is 5.55.